The van der Waals surface area contributed by atoms with Crippen molar-refractivity contribution in [1.82, 2.24) is 4.90 Å². The van der Waals surface area contributed by atoms with Gasteiger partial charge in [-0.2, -0.15) is 0 Å². The Labute approximate surface area is 126 Å². The van der Waals surface area contributed by atoms with Crippen LogP contribution in [0.15, 0.2) is 0 Å². The van der Waals surface area contributed by atoms with Crippen LogP contribution in [0.5, 0.6) is 0 Å². The largest absolute Gasteiger partial charge is 1.00 e. The van der Waals surface area contributed by atoms with E-state index in [9.17, 15) is 14.7 Å². The number of hydrogen-bond donors (Lipinski definition) is 0. The number of ether oxygens (including phenoxy) is 1. The fourth-order valence-corrected chi connectivity index (χ4v) is 2.31. The molecule has 0 unspecified atom stereocenters. The number of carbonyl (C=O) groups excluding carboxylic acids is 2. The molecule has 0 aromatic heterocycles. The molecule has 0 aromatic carbocycles. The third-order valence-electron chi connectivity index (χ3n) is 3.17. The fourth-order valence-electron chi connectivity index (χ4n) is 2.31. The molecule has 1 fully saturated rings. The van der Waals surface area contributed by atoms with E-state index in [0.29, 0.717) is 19.4 Å². The van der Waals surface area contributed by atoms with Gasteiger partial charge in [-0.3, -0.25) is 0 Å². The smallest absolute Gasteiger partial charge is 0.549 e. The van der Waals surface area contributed by atoms with Gasteiger partial charge in [-0.25, -0.2) is 4.79 Å². The SMILES string of the molecule is CCC[C@]1(C(=O)[O-])CCN(C(=O)OC(C)(C)C)C1.[Li+]. The first-order valence-corrected chi connectivity index (χ1v) is 6.39. The summed E-state index contributed by atoms with van der Waals surface area (Å²) >= 11 is 0. The van der Waals surface area contributed by atoms with Crippen LogP contribution in [0.4, 0.5) is 4.79 Å². The summed E-state index contributed by atoms with van der Waals surface area (Å²) < 4.78 is 5.25. The predicted molar refractivity (Wildman–Crippen MR) is 64.8 cm³/mol. The van der Waals surface area contributed by atoms with Crippen molar-refractivity contribution in [3.63, 3.8) is 0 Å². The van der Waals surface area contributed by atoms with Crippen LogP contribution in [-0.4, -0.2) is 35.7 Å². The van der Waals surface area contributed by atoms with Crippen molar-refractivity contribution in [1.29, 1.82) is 0 Å². The molecule has 1 aliphatic heterocycles. The van der Waals surface area contributed by atoms with E-state index >= 15 is 0 Å². The molecule has 104 valence electrons. The third kappa shape index (κ3) is 4.74. The Hall–Kier alpha value is -0.663. The van der Waals surface area contributed by atoms with E-state index in [1.54, 1.807) is 20.8 Å². The van der Waals surface area contributed by atoms with Crippen molar-refractivity contribution in [2.75, 3.05) is 13.1 Å². The molecular weight excluding hydrogens is 241 g/mol. The Kier molecular flexibility index (Phi) is 6.44. The molecule has 19 heavy (non-hydrogen) atoms. The zero-order valence-corrected chi connectivity index (χ0v) is 12.6. The van der Waals surface area contributed by atoms with E-state index in [1.807, 2.05) is 6.92 Å². The summed E-state index contributed by atoms with van der Waals surface area (Å²) in [5.74, 6) is -1.06. The quantitative estimate of drug-likeness (QED) is 0.562. The van der Waals surface area contributed by atoms with Gasteiger partial charge >= 0.3 is 25.0 Å². The number of carboxylic acid groups (broad SMARTS) is 1. The number of likely N-dealkylation sites (tertiary alicyclic amines) is 1. The van der Waals surface area contributed by atoms with Crippen LogP contribution in [-0.2, 0) is 9.53 Å². The first-order valence-electron chi connectivity index (χ1n) is 6.39. The van der Waals surface area contributed by atoms with Gasteiger partial charge in [-0.15, -0.1) is 0 Å². The van der Waals surface area contributed by atoms with Gasteiger partial charge in [0.05, 0.1) is 0 Å². The first kappa shape index (κ1) is 18.3. The molecule has 5 nitrogen and oxygen atoms in total. The van der Waals surface area contributed by atoms with Crippen LogP contribution in [0.3, 0.4) is 0 Å². The normalized spacial score (nSPS) is 22.8. The second-order valence-corrected chi connectivity index (χ2v) is 5.97. The van der Waals surface area contributed by atoms with Gasteiger partial charge in [-0.1, -0.05) is 13.3 Å². The van der Waals surface area contributed by atoms with Crippen LogP contribution in [0.25, 0.3) is 0 Å². The second-order valence-electron chi connectivity index (χ2n) is 5.97. The van der Waals surface area contributed by atoms with Crippen molar-refractivity contribution in [2.45, 2.75) is 52.6 Å². The Morgan fingerprint density at radius 1 is 1.37 bits per heavy atom. The molecule has 0 aromatic rings. The van der Waals surface area contributed by atoms with Crippen LogP contribution in [0.2, 0.25) is 0 Å². The number of amides is 1. The number of aliphatic carboxylic acids is 1. The summed E-state index contributed by atoms with van der Waals surface area (Å²) in [5.41, 5.74) is -1.46. The molecule has 0 aliphatic carbocycles. The molecule has 0 spiro atoms. The van der Waals surface area contributed by atoms with Gasteiger partial charge in [-0.05, 0) is 33.6 Å². The molecule has 1 atom stereocenters. The maximum atomic E-state index is 11.9. The minimum absolute atomic E-state index is 0. The minimum atomic E-state index is -1.06. The predicted octanol–water partition coefficient (Wildman–Crippen LogP) is -1.83. The van der Waals surface area contributed by atoms with Crippen molar-refractivity contribution in [3.8, 4) is 0 Å². The number of carboxylic acids is 1. The fraction of sp³-hybridized carbons (Fsp3) is 0.846. The van der Waals surface area contributed by atoms with Gasteiger partial charge in [0.15, 0.2) is 0 Å². The van der Waals surface area contributed by atoms with Gasteiger partial charge in [0.1, 0.15) is 5.60 Å². The summed E-state index contributed by atoms with van der Waals surface area (Å²) in [6.45, 7) is 7.92. The zero-order valence-electron chi connectivity index (χ0n) is 12.6. The summed E-state index contributed by atoms with van der Waals surface area (Å²) in [6.07, 6.45) is 1.30. The molecule has 0 N–H and O–H groups in total. The van der Waals surface area contributed by atoms with Crippen molar-refractivity contribution in [2.24, 2.45) is 5.41 Å². The molecule has 1 amide bonds. The number of rotatable bonds is 3. The van der Waals surface area contributed by atoms with E-state index in [-0.39, 0.29) is 25.4 Å². The van der Waals surface area contributed by atoms with Gasteiger partial charge in [0.25, 0.3) is 0 Å². The van der Waals surface area contributed by atoms with E-state index in [2.05, 4.69) is 0 Å². The molecule has 6 heteroatoms. The number of hydrogen-bond acceptors (Lipinski definition) is 4. The van der Waals surface area contributed by atoms with Gasteiger partial charge in [0.2, 0.25) is 0 Å². The van der Waals surface area contributed by atoms with Crippen molar-refractivity contribution < 1.29 is 38.3 Å². The summed E-state index contributed by atoms with van der Waals surface area (Å²) in [4.78, 5) is 24.6. The van der Waals surface area contributed by atoms with E-state index in [1.165, 1.54) is 4.90 Å². The molecule has 1 aliphatic rings. The van der Waals surface area contributed by atoms with Gasteiger partial charge < -0.3 is 19.5 Å². The van der Waals surface area contributed by atoms with Crippen molar-refractivity contribution in [3.05, 3.63) is 0 Å². The van der Waals surface area contributed by atoms with E-state index in [0.717, 1.165) is 6.42 Å². The molecule has 1 heterocycles. The van der Waals surface area contributed by atoms with Crippen LogP contribution >= 0.6 is 0 Å². The van der Waals surface area contributed by atoms with E-state index in [4.69, 9.17) is 4.74 Å². The van der Waals surface area contributed by atoms with Crippen LogP contribution in [0, 0.1) is 5.41 Å². The first-order chi connectivity index (χ1) is 8.20. The Morgan fingerprint density at radius 2 is 1.95 bits per heavy atom. The topological polar surface area (TPSA) is 69.7 Å². The molecular formula is C13H22LiNO4. The van der Waals surface area contributed by atoms with Crippen LogP contribution < -0.4 is 24.0 Å². The summed E-state index contributed by atoms with van der Waals surface area (Å²) in [7, 11) is 0. The Morgan fingerprint density at radius 3 is 2.37 bits per heavy atom. The Balaban J connectivity index is 0.00000324. The van der Waals surface area contributed by atoms with Crippen LogP contribution in [0.1, 0.15) is 47.0 Å². The summed E-state index contributed by atoms with van der Waals surface area (Å²) in [6, 6.07) is 0. The van der Waals surface area contributed by atoms with Crippen molar-refractivity contribution >= 4 is 12.1 Å². The maximum Gasteiger partial charge on any atom is 1.00 e. The third-order valence-corrected chi connectivity index (χ3v) is 3.17. The average molecular weight is 263 g/mol. The molecule has 0 radical (unpaired) electrons. The zero-order chi connectivity index (χ0) is 14.0. The Bertz CT molecular complexity index is 340. The number of nitrogens with zero attached hydrogens (tertiary/aromatic N) is 1. The average Bonchev–Trinajstić information content (AvgIpc) is 2.61. The number of carbonyl (C=O) groups is 2. The molecule has 1 rings (SSSR count). The molecule has 0 saturated carbocycles. The monoisotopic (exact) mass is 263 g/mol. The standard InChI is InChI=1S/C13H23NO4.Li/c1-5-6-13(10(15)16)7-8-14(9-13)11(17)18-12(2,3)4;/h5-9H2,1-4H3,(H,15,16);/q;+1/p-1/t13-;/m0./s1. The minimum Gasteiger partial charge on any atom is -0.549 e. The van der Waals surface area contributed by atoms with E-state index < -0.39 is 23.1 Å². The second kappa shape index (κ2) is 6.67. The maximum absolute atomic E-state index is 11.9. The molecule has 1 saturated heterocycles. The summed E-state index contributed by atoms with van der Waals surface area (Å²) in [5, 5.41) is 11.3. The molecule has 0 bridgehead atoms. The van der Waals surface area contributed by atoms with Gasteiger partial charge in [0, 0.05) is 24.5 Å².